The number of carbonyl (C=O) groups excluding carboxylic acids is 2. The number of alkyl carbamates (subject to hydrolysis) is 1. The van der Waals surface area contributed by atoms with Gasteiger partial charge in [0.1, 0.15) is 6.61 Å². The molecular formula is C19H37N2O7PS. The van der Waals surface area contributed by atoms with Crippen molar-refractivity contribution in [1.82, 2.24) is 10.6 Å². The Morgan fingerprint density at radius 1 is 1.10 bits per heavy atom. The second-order valence-electron chi connectivity index (χ2n) is 7.46. The molecule has 9 nitrogen and oxygen atoms in total. The summed E-state index contributed by atoms with van der Waals surface area (Å²) in [6.07, 6.45) is 8.06. The molecule has 1 rings (SSSR count). The fourth-order valence-electron chi connectivity index (χ4n) is 3.12. The molecule has 11 heteroatoms. The molecule has 2 amide bonds. The van der Waals surface area contributed by atoms with Crippen molar-refractivity contribution in [3.63, 3.8) is 0 Å². The highest BCUT2D eigenvalue weighted by Gasteiger charge is 2.31. The average Bonchev–Trinajstić information content (AvgIpc) is 2.71. The summed E-state index contributed by atoms with van der Waals surface area (Å²) in [7, 11) is -3.38. The number of nitrogens with one attached hydrogen (secondary N) is 2. The van der Waals surface area contributed by atoms with Crippen molar-refractivity contribution in [3.05, 3.63) is 0 Å². The van der Waals surface area contributed by atoms with Crippen LogP contribution in [0.3, 0.4) is 0 Å². The zero-order valence-corrected chi connectivity index (χ0v) is 19.9. The van der Waals surface area contributed by atoms with Crippen molar-refractivity contribution in [2.24, 2.45) is 0 Å². The highest BCUT2D eigenvalue weighted by molar-refractivity contribution is 8.00. The molecule has 0 saturated carbocycles. The predicted octanol–water partition coefficient (Wildman–Crippen LogP) is 2.91. The molecule has 1 unspecified atom stereocenters. The number of rotatable bonds is 15. The average molecular weight is 469 g/mol. The first kappa shape index (κ1) is 27.2. The van der Waals surface area contributed by atoms with Gasteiger partial charge in [-0.2, -0.15) is 11.8 Å². The van der Waals surface area contributed by atoms with Crippen LogP contribution in [0.5, 0.6) is 0 Å². The van der Waals surface area contributed by atoms with E-state index in [1.165, 1.54) is 6.66 Å². The largest absolute Gasteiger partial charge is 0.448 e. The molecule has 0 spiro atoms. The molecule has 1 aliphatic rings. The quantitative estimate of drug-likeness (QED) is 0.248. The molecule has 0 aromatic heterocycles. The van der Waals surface area contributed by atoms with E-state index in [2.05, 4.69) is 16.9 Å². The molecule has 0 radical (unpaired) electrons. The second-order valence-corrected chi connectivity index (χ2v) is 10.6. The molecule has 1 fully saturated rings. The standard InChI is InChI=1S/C19H37N2O7PS/c1-29(24,25)28-13-6-4-3-5-11-21-18(23)27-16-12-20-17(22)7-8-19(30-2)9-14-26-15-10-19/h3-16H2,1-2H3,(H,20,22)(H,21,23)(H,24,25). The van der Waals surface area contributed by atoms with Crippen LogP contribution in [0, 0.1) is 0 Å². The Bertz CT molecular complexity index is 553. The lowest BCUT2D eigenvalue weighted by Crippen LogP contribution is -2.36. The van der Waals surface area contributed by atoms with Crippen molar-refractivity contribution < 1.29 is 33.0 Å². The molecule has 30 heavy (non-hydrogen) atoms. The van der Waals surface area contributed by atoms with Crippen LogP contribution >= 0.6 is 19.4 Å². The predicted molar refractivity (Wildman–Crippen MR) is 118 cm³/mol. The second kappa shape index (κ2) is 15.1. The minimum Gasteiger partial charge on any atom is -0.448 e. The van der Waals surface area contributed by atoms with Gasteiger partial charge in [-0.15, -0.1) is 0 Å². The van der Waals surface area contributed by atoms with Crippen molar-refractivity contribution in [1.29, 1.82) is 0 Å². The van der Waals surface area contributed by atoms with Gasteiger partial charge in [-0.05, 0) is 38.4 Å². The van der Waals surface area contributed by atoms with Crippen molar-refractivity contribution in [2.75, 3.05) is 52.4 Å². The zero-order chi connectivity index (χ0) is 22.3. The van der Waals surface area contributed by atoms with Gasteiger partial charge in [0.2, 0.25) is 5.91 Å². The Morgan fingerprint density at radius 2 is 1.80 bits per heavy atom. The van der Waals surface area contributed by atoms with Crippen molar-refractivity contribution >= 4 is 31.4 Å². The Hall–Kier alpha value is -0.800. The Morgan fingerprint density at radius 3 is 2.47 bits per heavy atom. The molecule has 0 aromatic carbocycles. The third-order valence-electron chi connectivity index (χ3n) is 4.97. The summed E-state index contributed by atoms with van der Waals surface area (Å²) >= 11 is 1.82. The normalized spacial score (nSPS) is 17.7. The maximum Gasteiger partial charge on any atom is 0.407 e. The summed E-state index contributed by atoms with van der Waals surface area (Å²) in [5.74, 6) is -0.0245. The van der Waals surface area contributed by atoms with Crippen LogP contribution in [0.2, 0.25) is 0 Å². The highest BCUT2D eigenvalue weighted by atomic mass is 32.2. The van der Waals surface area contributed by atoms with Gasteiger partial charge in [0.05, 0.1) is 13.2 Å². The number of carbonyl (C=O) groups is 2. The number of hydrogen-bond acceptors (Lipinski definition) is 7. The summed E-state index contributed by atoms with van der Waals surface area (Å²) in [6.45, 7) is 3.87. The summed E-state index contributed by atoms with van der Waals surface area (Å²) in [5, 5.41) is 5.45. The molecule has 0 bridgehead atoms. The molecule has 1 atom stereocenters. The van der Waals surface area contributed by atoms with Crippen LogP contribution in [0.25, 0.3) is 0 Å². The molecule has 1 aliphatic heterocycles. The number of hydrogen-bond donors (Lipinski definition) is 3. The first-order valence-corrected chi connectivity index (χ1v) is 13.8. The van der Waals surface area contributed by atoms with Gasteiger partial charge in [0.15, 0.2) is 0 Å². The first-order valence-electron chi connectivity index (χ1n) is 10.5. The fourth-order valence-corrected chi connectivity index (χ4v) is 4.47. The monoisotopic (exact) mass is 468 g/mol. The summed E-state index contributed by atoms with van der Waals surface area (Å²) in [6, 6.07) is 0. The lowest BCUT2D eigenvalue weighted by Gasteiger charge is -2.35. The minimum atomic E-state index is -3.38. The van der Waals surface area contributed by atoms with Gasteiger partial charge in [-0.25, -0.2) is 4.79 Å². The third kappa shape index (κ3) is 13.5. The van der Waals surface area contributed by atoms with Crippen molar-refractivity contribution in [2.45, 2.75) is 56.1 Å². The van der Waals surface area contributed by atoms with Gasteiger partial charge in [-0.3, -0.25) is 9.36 Å². The molecular weight excluding hydrogens is 431 g/mol. The van der Waals surface area contributed by atoms with Crippen LogP contribution in [0.15, 0.2) is 0 Å². The molecule has 0 aromatic rings. The smallest absolute Gasteiger partial charge is 0.407 e. The molecule has 3 N–H and O–H groups in total. The maximum atomic E-state index is 12.0. The molecule has 176 valence electrons. The van der Waals surface area contributed by atoms with E-state index in [9.17, 15) is 14.2 Å². The lowest BCUT2D eigenvalue weighted by molar-refractivity contribution is -0.121. The van der Waals surface area contributed by atoms with Crippen LogP contribution in [-0.4, -0.2) is 74.1 Å². The topological polar surface area (TPSA) is 123 Å². The Labute approximate surface area is 183 Å². The molecule has 0 aliphatic carbocycles. The van der Waals surface area contributed by atoms with E-state index in [1.807, 2.05) is 11.8 Å². The number of amides is 2. The number of unbranched alkanes of at least 4 members (excludes halogenated alkanes) is 3. The number of thioether (sulfide) groups is 1. The van der Waals surface area contributed by atoms with Crippen molar-refractivity contribution in [3.8, 4) is 0 Å². The SMILES string of the molecule is CSC1(CCC(=O)NCCOC(=O)NCCCCCCOP(C)(=O)O)CCOCC1. The van der Waals surface area contributed by atoms with Gasteiger partial charge in [-0.1, -0.05) is 12.8 Å². The summed E-state index contributed by atoms with van der Waals surface area (Å²) in [5.41, 5.74) is 0. The Balaban J connectivity index is 1.96. The highest BCUT2D eigenvalue weighted by Crippen LogP contribution is 2.38. The fraction of sp³-hybridized carbons (Fsp3) is 0.895. The van der Waals surface area contributed by atoms with Gasteiger partial charge < -0.3 is 29.5 Å². The summed E-state index contributed by atoms with van der Waals surface area (Å²) < 4.78 is 26.3. The zero-order valence-electron chi connectivity index (χ0n) is 18.2. The lowest BCUT2D eigenvalue weighted by atomic mass is 9.93. The van der Waals surface area contributed by atoms with Crippen LogP contribution in [-0.2, 0) is 23.4 Å². The number of ether oxygens (including phenoxy) is 2. The van der Waals surface area contributed by atoms with Crippen LogP contribution < -0.4 is 10.6 Å². The minimum absolute atomic E-state index is 0.0245. The molecule has 1 saturated heterocycles. The summed E-state index contributed by atoms with van der Waals surface area (Å²) in [4.78, 5) is 32.6. The van der Waals surface area contributed by atoms with E-state index >= 15 is 0 Å². The Kier molecular flexibility index (Phi) is 13.7. The van der Waals surface area contributed by atoms with E-state index in [1.54, 1.807) is 0 Å². The third-order valence-corrected chi connectivity index (χ3v) is 7.11. The van der Waals surface area contributed by atoms with E-state index in [4.69, 9.17) is 18.9 Å². The molecule has 1 heterocycles. The maximum absolute atomic E-state index is 12.0. The van der Waals surface area contributed by atoms with Crippen LogP contribution in [0.4, 0.5) is 4.79 Å². The van der Waals surface area contributed by atoms with Gasteiger partial charge >= 0.3 is 13.7 Å². The van der Waals surface area contributed by atoms with Gasteiger partial charge in [0.25, 0.3) is 0 Å². The van der Waals surface area contributed by atoms with E-state index in [0.29, 0.717) is 25.9 Å². The first-order chi connectivity index (χ1) is 14.3. The van der Waals surface area contributed by atoms with Gasteiger partial charge in [0, 0.05) is 37.6 Å². The van der Waals surface area contributed by atoms with E-state index in [-0.39, 0.29) is 23.9 Å². The van der Waals surface area contributed by atoms with E-state index in [0.717, 1.165) is 51.7 Å². The van der Waals surface area contributed by atoms with Crippen LogP contribution in [0.1, 0.15) is 51.4 Å². The van der Waals surface area contributed by atoms with E-state index < -0.39 is 13.7 Å².